The van der Waals surface area contributed by atoms with Crippen LogP contribution in [0.2, 0.25) is 0 Å². The normalized spacial score (nSPS) is 30.1. The van der Waals surface area contributed by atoms with Crippen LogP contribution in [0.1, 0.15) is 6.23 Å². The Balaban J connectivity index is 2.09. The fraction of sp³-hybridized carbons (Fsp3) is 0.500. The molecule has 108 valence electrons. The molecule has 1 saturated heterocycles. The number of aromatic nitrogens is 4. The molecule has 0 unspecified atom stereocenters. The number of aromatic amines is 1. The Kier molecular flexibility index (Phi) is 3.13. The van der Waals surface area contributed by atoms with E-state index in [1.807, 2.05) is 0 Å². The summed E-state index contributed by atoms with van der Waals surface area (Å²) in [6, 6.07) is 0. The van der Waals surface area contributed by atoms with Crippen LogP contribution in [-0.4, -0.2) is 53.9 Å². The van der Waals surface area contributed by atoms with Crippen LogP contribution in [0.5, 0.6) is 0 Å². The fourth-order valence-corrected chi connectivity index (χ4v) is 2.47. The van der Waals surface area contributed by atoms with Crippen molar-refractivity contribution in [1.29, 1.82) is 0 Å². The molecule has 3 rings (SSSR count). The fourth-order valence-electron chi connectivity index (χ4n) is 2.22. The smallest absolute Gasteiger partial charge is 0.280 e. The van der Waals surface area contributed by atoms with Crippen LogP contribution in [-0.2, 0) is 4.74 Å². The molecule has 4 atom stereocenters. The Hall–Kier alpha value is -1.68. The first-order valence-corrected chi connectivity index (χ1v) is 6.36. The van der Waals surface area contributed by atoms with E-state index in [2.05, 4.69) is 15.0 Å². The second kappa shape index (κ2) is 4.70. The highest BCUT2D eigenvalue weighted by Crippen LogP contribution is 2.31. The van der Waals surface area contributed by atoms with Gasteiger partial charge in [0, 0.05) is 0 Å². The number of nitrogens with one attached hydrogen (secondary N) is 1. The molecule has 20 heavy (non-hydrogen) atoms. The number of halogens is 1. The van der Waals surface area contributed by atoms with Crippen molar-refractivity contribution < 1.29 is 14.9 Å². The predicted octanol–water partition coefficient (Wildman–Crippen LogP) is -1.44. The van der Waals surface area contributed by atoms with E-state index in [1.54, 1.807) is 0 Å². The van der Waals surface area contributed by atoms with Gasteiger partial charge in [-0.05, 0) is 0 Å². The molecule has 3 heterocycles. The molecule has 10 heteroatoms. The maximum Gasteiger partial charge on any atom is 0.280 e. The third-order valence-corrected chi connectivity index (χ3v) is 3.52. The van der Waals surface area contributed by atoms with Crippen molar-refractivity contribution in [2.45, 2.75) is 24.5 Å². The highest BCUT2D eigenvalue weighted by atomic mass is 35.5. The lowest BCUT2D eigenvalue weighted by molar-refractivity contribution is -0.0291. The maximum atomic E-state index is 11.7. The van der Waals surface area contributed by atoms with E-state index in [4.69, 9.17) is 22.1 Å². The second-order valence-corrected chi connectivity index (χ2v) is 4.78. The SMILES string of the molecule is Nc1nc2c(ncn2[C@@H]2O[C@H](CCl)[C@@H](O)[C@H]2O)c(=O)[nH]1. The molecule has 1 aliphatic heterocycles. The molecule has 9 nitrogen and oxygen atoms in total. The minimum absolute atomic E-state index is 0.0253. The summed E-state index contributed by atoms with van der Waals surface area (Å²) in [5.74, 6) is -0.0523. The summed E-state index contributed by atoms with van der Waals surface area (Å²) in [4.78, 5) is 21.9. The number of aliphatic hydroxyl groups excluding tert-OH is 2. The van der Waals surface area contributed by atoms with Gasteiger partial charge in [0.15, 0.2) is 17.4 Å². The van der Waals surface area contributed by atoms with Gasteiger partial charge >= 0.3 is 0 Å². The number of nitrogen functional groups attached to an aromatic ring is 1. The van der Waals surface area contributed by atoms with E-state index in [1.165, 1.54) is 10.9 Å². The van der Waals surface area contributed by atoms with Gasteiger partial charge in [-0.25, -0.2) is 4.98 Å². The number of anilines is 1. The van der Waals surface area contributed by atoms with Gasteiger partial charge in [-0.1, -0.05) is 0 Å². The second-order valence-electron chi connectivity index (χ2n) is 4.48. The van der Waals surface area contributed by atoms with Gasteiger partial charge in [0.25, 0.3) is 5.56 Å². The van der Waals surface area contributed by atoms with Crippen molar-refractivity contribution in [3.63, 3.8) is 0 Å². The number of rotatable bonds is 2. The highest BCUT2D eigenvalue weighted by Gasteiger charge is 2.43. The lowest BCUT2D eigenvalue weighted by Crippen LogP contribution is -2.32. The number of fused-ring (bicyclic) bond motifs is 1. The highest BCUT2D eigenvalue weighted by molar-refractivity contribution is 6.18. The molecule has 0 radical (unpaired) electrons. The lowest BCUT2D eigenvalue weighted by Gasteiger charge is -2.16. The number of nitrogens with two attached hydrogens (primary N) is 1. The topological polar surface area (TPSA) is 139 Å². The zero-order valence-corrected chi connectivity index (χ0v) is 10.9. The van der Waals surface area contributed by atoms with Crippen molar-refractivity contribution in [2.75, 3.05) is 11.6 Å². The average molecular weight is 302 g/mol. The summed E-state index contributed by atoms with van der Waals surface area (Å²) in [6.07, 6.45) is -2.70. The van der Waals surface area contributed by atoms with Gasteiger partial charge in [0.05, 0.1) is 12.2 Å². The van der Waals surface area contributed by atoms with E-state index in [9.17, 15) is 15.0 Å². The number of H-pyrrole nitrogens is 1. The molecule has 1 aliphatic rings. The van der Waals surface area contributed by atoms with Gasteiger partial charge in [0.1, 0.15) is 18.3 Å². The van der Waals surface area contributed by atoms with Crippen molar-refractivity contribution in [1.82, 2.24) is 19.5 Å². The van der Waals surface area contributed by atoms with E-state index < -0.39 is 30.1 Å². The van der Waals surface area contributed by atoms with Gasteiger partial charge < -0.3 is 20.7 Å². The molecular weight excluding hydrogens is 290 g/mol. The first-order chi connectivity index (χ1) is 9.52. The number of hydrogen-bond acceptors (Lipinski definition) is 7. The summed E-state index contributed by atoms with van der Waals surface area (Å²) in [7, 11) is 0. The largest absolute Gasteiger partial charge is 0.387 e. The van der Waals surface area contributed by atoms with Gasteiger partial charge in [0.2, 0.25) is 5.95 Å². The Morgan fingerprint density at radius 3 is 2.90 bits per heavy atom. The van der Waals surface area contributed by atoms with Crippen LogP contribution in [0.15, 0.2) is 11.1 Å². The van der Waals surface area contributed by atoms with Crippen molar-refractivity contribution >= 4 is 28.7 Å². The molecule has 0 amide bonds. The number of alkyl halides is 1. The molecule has 1 fully saturated rings. The molecule has 0 aromatic carbocycles. The van der Waals surface area contributed by atoms with Gasteiger partial charge in [-0.3, -0.25) is 14.3 Å². The number of hydrogen-bond donors (Lipinski definition) is 4. The molecule has 2 aromatic heterocycles. The van der Waals surface area contributed by atoms with Crippen LogP contribution in [0, 0.1) is 0 Å². The number of imidazole rings is 1. The standard InChI is InChI=1S/C10H12ClN5O4/c11-1-3-5(17)6(18)9(20-3)16-2-13-4-7(16)14-10(12)15-8(4)19/h2-3,5-6,9,17-18H,1H2,(H3,12,14,15,19)/t3-,5-,6-,9-/m1/s1. The van der Waals surface area contributed by atoms with Crippen LogP contribution in [0.25, 0.3) is 11.2 Å². The minimum Gasteiger partial charge on any atom is -0.387 e. The van der Waals surface area contributed by atoms with Crippen LogP contribution >= 0.6 is 11.6 Å². The zero-order valence-electron chi connectivity index (χ0n) is 10.1. The van der Waals surface area contributed by atoms with Crippen molar-refractivity contribution in [3.8, 4) is 0 Å². The van der Waals surface area contributed by atoms with Gasteiger partial charge in [-0.15, -0.1) is 11.6 Å². The van der Waals surface area contributed by atoms with Gasteiger partial charge in [-0.2, -0.15) is 4.98 Å². The maximum absolute atomic E-state index is 11.7. The van der Waals surface area contributed by atoms with Crippen molar-refractivity contribution in [3.05, 3.63) is 16.7 Å². The van der Waals surface area contributed by atoms with E-state index >= 15 is 0 Å². The Bertz CT molecular complexity index is 701. The van der Waals surface area contributed by atoms with E-state index in [0.29, 0.717) is 0 Å². The Labute approximate surface area is 117 Å². The first-order valence-electron chi connectivity index (χ1n) is 5.83. The van der Waals surface area contributed by atoms with E-state index in [-0.39, 0.29) is 23.0 Å². The van der Waals surface area contributed by atoms with Crippen LogP contribution in [0.4, 0.5) is 5.95 Å². The molecule has 5 N–H and O–H groups in total. The molecule has 0 spiro atoms. The number of aliphatic hydroxyl groups is 2. The molecule has 0 aliphatic carbocycles. The summed E-state index contributed by atoms with van der Waals surface area (Å²) >= 11 is 5.65. The number of nitrogens with zero attached hydrogens (tertiary/aromatic N) is 3. The molecule has 2 aromatic rings. The average Bonchev–Trinajstić information content (AvgIpc) is 2.93. The van der Waals surface area contributed by atoms with Crippen LogP contribution < -0.4 is 11.3 Å². The Morgan fingerprint density at radius 1 is 1.50 bits per heavy atom. The zero-order chi connectivity index (χ0) is 14.4. The van der Waals surface area contributed by atoms with Crippen molar-refractivity contribution in [2.24, 2.45) is 0 Å². The molecular formula is C10H12ClN5O4. The summed E-state index contributed by atoms with van der Waals surface area (Å²) in [6.45, 7) is 0. The Morgan fingerprint density at radius 2 is 2.25 bits per heavy atom. The van der Waals surface area contributed by atoms with E-state index in [0.717, 1.165) is 0 Å². The molecule has 0 saturated carbocycles. The quantitative estimate of drug-likeness (QED) is 0.498. The third-order valence-electron chi connectivity index (χ3n) is 3.21. The predicted molar refractivity (Wildman–Crippen MR) is 69.2 cm³/mol. The minimum atomic E-state index is -1.21. The first kappa shape index (κ1) is 13.3. The molecule has 0 bridgehead atoms. The lowest BCUT2D eigenvalue weighted by atomic mass is 10.1. The summed E-state index contributed by atoms with van der Waals surface area (Å²) in [5, 5.41) is 19.8. The summed E-state index contributed by atoms with van der Waals surface area (Å²) in [5.41, 5.74) is 5.23. The van der Waals surface area contributed by atoms with Crippen LogP contribution in [0.3, 0.4) is 0 Å². The summed E-state index contributed by atoms with van der Waals surface area (Å²) < 4.78 is 6.81. The monoisotopic (exact) mass is 301 g/mol. The number of ether oxygens (including phenoxy) is 1. The third kappa shape index (κ3) is 1.86.